The topological polar surface area (TPSA) is 24.9 Å². The van der Waals surface area contributed by atoms with Crippen molar-refractivity contribution >= 4 is 11.3 Å². The fourth-order valence-corrected chi connectivity index (χ4v) is 3.26. The first-order chi connectivity index (χ1) is 9.88. The Morgan fingerprint density at radius 3 is 2.29 bits per heavy atom. The molecule has 0 aliphatic rings. The summed E-state index contributed by atoms with van der Waals surface area (Å²) < 4.78 is 0. The average molecular weight is 302 g/mol. The van der Waals surface area contributed by atoms with E-state index in [2.05, 4.69) is 67.6 Å². The Morgan fingerprint density at radius 1 is 1.14 bits per heavy atom. The highest BCUT2D eigenvalue weighted by atomic mass is 32.1. The van der Waals surface area contributed by atoms with Gasteiger partial charge in [-0.15, -0.1) is 11.3 Å². The first-order valence-corrected chi connectivity index (χ1v) is 8.44. The van der Waals surface area contributed by atoms with Gasteiger partial charge in [0, 0.05) is 23.5 Å². The van der Waals surface area contributed by atoms with Gasteiger partial charge in [0.2, 0.25) is 0 Å². The smallest absolute Gasteiger partial charge is 0.0943 e. The second kappa shape index (κ2) is 6.71. The normalized spacial score (nSPS) is 13.4. The van der Waals surface area contributed by atoms with E-state index in [1.54, 1.807) is 11.3 Å². The van der Waals surface area contributed by atoms with Crippen LogP contribution in [0.5, 0.6) is 0 Å². The fraction of sp³-hybridized carbons (Fsp3) is 0.500. The van der Waals surface area contributed by atoms with Crippen LogP contribution in [-0.2, 0) is 18.3 Å². The molecule has 1 aromatic carbocycles. The summed E-state index contributed by atoms with van der Waals surface area (Å²) in [5.74, 6) is 0. The Kier molecular flexibility index (Phi) is 5.17. The third-order valence-electron chi connectivity index (χ3n) is 3.80. The molecule has 1 atom stereocenters. The van der Waals surface area contributed by atoms with Crippen LogP contribution in [0, 0.1) is 6.92 Å². The lowest BCUT2D eigenvalue weighted by atomic mass is 9.86. The molecule has 1 N–H and O–H groups in total. The van der Waals surface area contributed by atoms with Crippen LogP contribution < -0.4 is 5.32 Å². The fourth-order valence-electron chi connectivity index (χ4n) is 2.41. The highest BCUT2D eigenvalue weighted by Gasteiger charge is 2.14. The van der Waals surface area contributed by atoms with Gasteiger partial charge in [0.05, 0.1) is 5.01 Å². The van der Waals surface area contributed by atoms with E-state index in [1.165, 1.54) is 16.1 Å². The van der Waals surface area contributed by atoms with Gasteiger partial charge < -0.3 is 5.32 Å². The van der Waals surface area contributed by atoms with E-state index in [9.17, 15) is 0 Å². The minimum absolute atomic E-state index is 0.222. The maximum absolute atomic E-state index is 4.56. The molecular formula is C18H26N2S. The molecule has 2 aromatic rings. The number of nitrogens with one attached hydrogen (secondary N) is 1. The lowest BCUT2D eigenvalue weighted by Gasteiger charge is -2.20. The van der Waals surface area contributed by atoms with E-state index < -0.39 is 0 Å². The van der Waals surface area contributed by atoms with E-state index >= 15 is 0 Å². The second-order valence-corrected chi connectivity index (χ2v) is 7.67. The zero-order valence-electron chi connectivity index (χ0n) is 13.7. The molecule has 1 unspecified atom stereocenters. The van der Waals surface area contributed by atoms with Crippen molar-refractivity contribution in [1.29, 1.82) is 0 Å². The van der Waals surface area contributed by atoms with Gasteiger partial charge in [0.15, 0.2) is 0 Å². The molecule has 114 valence electrons. The van der Waals surface area contributed by atoms with Crippen LogP contribution in [0.4, 0.5) is 0 Å². The van der Waals surface area contributed by atoms with Crippen LogP contribution in [0.25, 0.3) is 0 Å². The molecule has 0 bridgehead atoms. The van der Waals surface area contributed by atoms with E-state index in [4.69, 9.17) is 0 Å². The second-order valence-electron chi connectivity index (χ2n) is 6.72. The molecule has 2 nitrogen and oxygen atoms in total. The molecule has 0 amide bonds. The third-order valence-corrected chi connectivity index (χ3v) is 4.79. The van der Waals surface area contributed by atoms with E-state index in [-0.39, 0.29) is 5.41 Å². The van der Waals surface area contributed by atoms with Crippen molar-refractivity contribution in [3.05, 3.63) is 51.5 Å². The summed E-state index contributed by atoms with van der Waals surface area (Å²) in [6.45, 7) is 8.81. The van der Waals surface area contributed by atoms with E-state index in [0.29, 0.717) is 6.04 Å². The van der Waals surface area contributed by atoms with Crippen molar-refractivity contribution < 1.29 is 0 Å². The molecule has 0 fully saturated rings. The number of hydrogen-bond acceptors (Lipinski definition) is 3. The van der Waals surface area contributed by atoms with Crippen molar-refractivity contribution in [2.45, 2.75) is 52.0 Å². The van der Waals surface area contributed by atoms with Gasteiger partial charge in [-0.1, -0.05) is 45.0 Å². The molecule has 0 spiro atoms. The summed E-state index contributed by atoms with van der Waals surface area (Å²) >= 11 is 1.76. The van der Waals surface area contributed by atoms with Crippen LogP contribution in [0.2, 0.25) is 0 Å². The predicted octanol–water partition coefficient (Wildman–Crippen LogP) is 4.12. The molecule has 0 radical (unpaired) electrons. The predicted molar refractivity (Wildman–Crippen MR) is 92.2 cm³/mol. The molecular weight excluding hydrogens is 276 g/mol. The summed E-state index contributed by atoms with van der Waals surface area (Å²) in [6.07, 6.45) is 2.04. The number of aryl methyl sites for hydroxylation is 1. The van der Waals surface area contributed by atoms with Crippen LogP contribution in [-0.4, -0.2) is 18.1 Å². The summed E-state index contributed by atoms with van der Waals surface area (Å²) in [5.41, 5.74) is 4.12. The zero-order chi connectivity index (χ0) is 15.5. The number of hydrogen-bond donors (Lipinski definition) is 1. The quantitative estimate of drug-likeness (QED) is 0.898. The van der Waals surface area contributed by atoms with Crippen LogP contribution in [0.3, 0.4) is 0 Å². The molecule has 1 aromatic heterocycles. The SMILES string of the molecule is CNC(Cc1ccc(C(C)(C)C)cc1)Cc1nc(C)cs1. The van der Waals surface area contributed by atoms with Crippen molar-refractivity contribution in [1.82, 2.24) is 10.3 Å². The number of thiazole rings is 1. The highest BCUT2D eigenvalue weighted by Crippen LogP contribution is 2.22. The van der Waals surface area contributed by atoms with Crippen LogP contribution in [0.1, 0.15) is 42.6 Å². The molecule has 1 heterocycles. The summed E-state index contributed by atoms with van der Waals surface area (Å²) in [7, 11) is 2.04. The maximum atomic E-state index is 4.56. The number of benzene rings is 1. The van der Waals surface area contributed by atoms with Crippen molar-refractivity contribution in [3.63, 3.8) is 0 Å². The van der Waals surface area contributed by atoms with Gasteiger partial charge in [0.25, 0.3) is 0 Å². The van der Waals surface area contributed by atoms with Gasteiger partial charge in [0.1, 0.15) is 0 Å². The standard InChI is InChI=1S/C18H26N2S/c1-13-12-21-17(20-13)11-16(19-5)10-14-6-8-15(9-7-14)18(2,3)4/h6-9,12,16,19H,10-11H2,1-5H3. The molecule has 0 aliphatic carbocycles. The first-order valence-electron chi connectivity index (χ1n) is 7.56. The number of likely N-dealkylation sites (N-methyl/N-ethyl adjacent to an activating group) is 1. The first kappa shape index (κ1) is 16.2. The number of aromatic nitrogens is 1. The summed E-state index contributed by atoms with van der Waals surface area (Å²) in [6, 6.07) is 9.48. The maximum Gasteiger partial charge on any atom is 0.0943 e. The molecule has 21 heavy (non-hydrogen) atoms. The van der Waals surface area contributed by atoms with E-state index in [1.807, 2.05) is 7.05 Å². The molecule has 2 rings (SSSR count). The Bertz CT molecular complexity index is 564. The summed E-state index contributed by atoms with van der Waals surface area (Å²) in [5, 5.41) is 6.77. The number of nitrogens with zero attached hydrogens (tertiary/aromatic N) is 1. The molecule has 0 saturated carbocycles. The Hall–Kier alpha value is -1.19. The molecule has 0 aliphatic heterocycles. The van der Waals surface area contributed by atoms with Crippen LogP contribution >= 0.6 is 11.3 Å². The van der Waals surface area contributed by atoms with Gasteiger partial charge in [-0.25, -0.2) is 4.98 Å². The zero-order valence-corrected chi connectivity index (χ0v) is 14.6. The minimum Gasteiger partial charge on any atom is -0.316 e. The van der Waals surface area contributed by atoms with Crippen LogP contribution in [0.15, 0.2) is 29.6 Å². The monoisotopic (exact) mass is 302 g/mol. The van der Waals surface area contributed by atoms with E-state index in [0.717, 1.165) is 18.5 Å². The van der Waals surface area contributed by atoms with Crippen molar-refractivity contribution in [2.24, 2.45) is 0 Å². The van der Waals surface area contributed by atoms with Crippen molar-refractivity contribution in [2.75, 3.05) is 7.05 Å². The highest BCUT2D eigenvalue weighted by molar-refractivity contribution is 7.09. The molecule has 3 heteroatoms. The lowest BCUT2D eigenvalue weighted by molar-refractivity contribution is 0.553. The van der Waals surface area contributed by atoms with Gasteiger partial charge in [-0.05, 0) is 36.9 Å². The van der Waals surface area contributed by atoms with Crippen molar-refractivity contribution in [3.8, 4) is 0 Å². The van der Waals surface area contributed by atoms with Gasteiger partial charge in [-0.3, -0.25) is 0 Å². The largest absolute Gasteiger partial charge is 0.316 e. The average Bonchev–Trinajstić information content (AvgIpc) is 2.83. The molecule has 0 saturated heterocycles. The summed E-state index contributed by atoms with van der Waals surface area (Å²) in [4.78, 5) is 4.56. The minimum atomic E-state index is 0.222. The third kappa shape index (κ3) is 4.65. The Balaban J connectivity index is 2.01. The Morgan fingerprint density at radius 2 is 1.81 bits per heavy atom. The number of rotatable bonds is 5. The van der Waals surface area contributed by atoms with Gasteiger partial charge >= 0.3 is 0 Å². The van der Waals surface area contributed by atoms with Gasteiger partial charge in [-0.2, -0.15) is 0 Å². The Labute approximate surface area is 132 Å². The lowest BCUT2D eigenvalue weighted by Crippen LogP contribution is -2.29.